The molecular weight excluding hydrogens is 226 g/mol. The summed E-state index contributed by atoms with van der Waals surface area (Å²) >= 11 is 0. The molecule has 0 spiro atoms. The molecule has 1 aliphatic rings. The highest BCUT2D eigenvalue weighted by atomic mass is 16.1. The van der Waals surface area contributed by atoms with Crippen molar-refractivity contribution in [3.8, 4) is 0 Å². The molecule has 18 heavy (non-hydrogen) atoms. The molecule has 0 radical (unpaired) electrons. The number of carbonyl (C=O) groups excluding carboxylic acids is 1. The molecule has 3 N–H and O–H groups in total. The maximum absolute atomic E-state index is 11.6. The lowest BCUT2D eigenvalue weighted by Gasteiger charge is -2.19. The van der Waals surface area contributed by atoms with Crippen molar-refractivity contribution in [2.45, 2.75) is 32.7 Å². The summed E-state index contributed by atoms with van der Waals surface area (Å²) in [7, 11) is 0. The molecule has 1 amide bonds. The van der Waals surface area contributed by atoms with Crippen molar-refractivity contribution < 1.29 is 4.79 Å². The van der Waals surface area contributed by atoms with Gasteiger partial charge >= 0.3 is 0 Å². The highest BCUT2D eigenvalue weighted by Crippen LogP contribution is 2.29. The average molecular weight is 247 g/mol. The first-order valence-corrected chi connectivity index (χ1v) is 6.49. The highest BCUT2D eigenvalue weighted by Gasteiger charge is 2.19. The summed E-state index contributed by atoms with van der Waals surface area (Å²) in [4.78, 5) is 13.9. The molecule has 0 fully saturated rings. The minimum absolute atomic E-state index is 0.113. The second-order valence-corrected chi connectivity index (χ2v) is 5.10. The number of fused-ring (bicyclic) bond motifs is 1. The van der Waals surface area contributed by atoms with E-state index in [4.69, 9.17) is 5.73 Å². The van der Waals surface area contributed by atoms with Gasteiger partial charge in [0.1, 0.15) is 0 Å². The first kappa shape index (κ1) is 12.7. The molecule has 0 atom stereocenters. The first-order valence-electron chi connectivity index (χ1n) is 6.49. The molecule has 2 rings (SSSR count). The Hall–Kier alpha value is -1.71. The highest BCUT2D eigenvalue weighted by molar-refractivity contribution is 5.77. The largest absolute Gasteiger partial charge is 0.399 e. The second-order valence-electron chi connectivity index (χ2n) is 5.10. The van der Waals surface area contributed by atoms with E-state index >= 15 is 0 Å². The number of nitrogen functional groups attached to an aromatic ring is 1. The molecule has 1 aliphatic heterocycles. The summed E-state index contributed by atoms with van der Waals surface area (Å²) in [6, 6.07) is 6.23. The van der Waals surface area contributed by atoms with Crippen LogP contribution in [0.2, 0.25) is 0 Å². The average Bonchev–Trinajstić information content (AvgIpc) is 2.68. The minimum Gasteiger partial charge on any atom is -0.399 e. The number of carbonyl (C=O) groups is 1. The Labute approximate surface area is 108 Å². The molecule has 4 heteroatoms. The van der Waals surface area contributed by atoms with Gasteiger partial charge in [0.25, 0.3) is 0 Å². The van der Waals surface area contributed by atoms with Crippen LogP contribution in [0.5, 0.6) is 0 Å². The van der Waals surface area contributed by atoms with Gasteiger partial charge in [-0.15, -0.1) is 0 Å². The van der Waals surface area contributed by atoms with Crippen LogP contribution in [0.1, 0.15) is 25.8 Å². The molecule has 0 aliphatic carbocycles. The summed E-state index contributed by atoms with van der Waals surface area (Å²) in [5, 5.41) is 2.91. The zero-order valence-corrected chi connectivity index (χ0v) is 11.1. The monoisotopic (exact) mass is 247 g/mol. The summed E-state index contributed by atoms with van der Waals surface area (Å²) in [6.07, 6.45) is 1.58. The van der Waals surface area contributed by atoms with Gasteiger partial charge in [0.15, 0.2) is 0 Å². The van der Waals surface area contributed by atoms with Crippen molar-refractivity contribution in [3.05, 3.63) is 23.8 Å². The smallest absolute Gasteiger partial charge is 0.221 e. The summed E-state index contributed by atoms with van der Waals surface area (Å²) in [5.41, 5.74) is 9.11. The van der Waals surface area contributed by atoms with Gasteiger partial charge < -0.3 is 16.0 Å². The Morgan fingerprint density at radius 1 is 1.50 bits per heavy atom. The molecule has 0 saturated heterocycles. The lowest BCUT2D eigenvalue weighted by Crippen LogP contribution is -2.33. The molecule has 1 heterocycles. The van der Waals surface area contributed by atoms with Crippen LogP contribution in [-0.2, 0) is 11.2 Å². The topological polar surface area (TPSA) is 58.4 Å². The van der Waals surface area contributed by atoms with Gasteiger partial charge in [-0.05, 0) is 38.0 Å². The van der Waals surface area contributed by atoms with Gasteiger partial charge in [-0.3, -0.25) is 4.79 Å². The van der Waals surface area contributed by atoms with Gasteiger partial charge in [0.05, 0.1) is 0 Å². The van der Waals surface area contributed by atoms with Gasteiger partial charge in [-0.1, -0.05) is 6.07 Å². The fraction of sp³-hybridized carbons (Fsp3) is 0.500. The maximum Gasteiger partial charge on any atom is 0.221 e. The van der Waals surface area contributed by atoms with Crippen LogP contribution >= 0.6 is 0 Å². The van der Waals surface area contributed by atoms with E-state index in [9.17, 15) is 4.79 Å². The van der Waals surface area contributed by atoms with E-state index < -0.39 is 0 Å². The van der Waals surface area contributed by atoms with Crippen LogP contribution in [0.3, 0.4) is 0 Å². The third-order valence-corrected chi connectivity index (χ3v) is 3.16. The molecule has 0 aromatic heterocycles. The van der Waals surface area contributed by atoms with E-state index in [1.54, 1.807) is 0 Å². The van der Waals surface area contributed by atoms with Crippen molar-refractivity contribution >= 4 is 17.3 Å². The molecule has 0 bridgehead atoms. The summed E-state index contributed by atoms with van der Waals surface area (Å²) in [6.45, 7) is 5.69. The van der Waals surface area contributed by atoms with Crippen LogP contribution in [0.25, 0.3) is 0 Å². The Bertz CT molecular complexity index is 443. The lowest BCUT2D eigenvalue weighted by molar-refractivity contribution is -0.121. The van der Waals surface area contributed by atoms with Crippen molar-refractivity contribution in [1.29, 1.82) is 0 Å². The number of hydrogen-bond donors (Lipinski definition) is 2. The van der Waals surface area contributed by atoms with E-state index in [2.05, 4.69) is 16.3 Å². The van der Waals surface area contributed by atoms with Gasteiger partial charge in [0, 0.05) is 36.9 Å². The molecule has 0 saturated carbocycles. The number of nitrogens with two attached hydrogens (primary N) is 1. The van der Waals surface area contributed by atoms with Gasteiger partial charge in [-0.25, -0.2) is 0 Å². The molecule has 1 aromatic carbocycles. The zero-order chi connectivity index (χ0) is 13.1. The fourth-order valence-corrected chi connectivity index (χ4v) is 2.33. The SMILES string of the molecule is CC(C)NC(=O)CCN1CCc2ccc(N)cc21. The maximum atomic E-state index is 11.6. The molecule has 4 nitrogen and oxygen atoms in total. The third-order valence-electron chi connectivity index (χ3n) is 3.16. The quantitative estimate of drug-likeness (QED) is 0.794. The molecular formula is C14H21N3O. The number of hydrogen-bond acceptors (Lipinski definition) is 3. The van der Waals surface area contributed by atoms with Crippen LogP contribution in [0.4, 0.5) is 11.4 Å². The predicted octanol–water partition coefficient (Wildman–Crippen LogP) is 1.55. The fourth-order valence-electron chi connectivity index (χ4n) is 2.33. The van der Waals surface area contributed by atoms with Crippen LogP contribution in [-0.4, -0.2) is 25.0 Å². The Morgan fingerprint density at radius 3 is 3.00 bits per heavy atom. The Balaban J connectivity index is 1.93. The van der Waals surface area contributed by atoms with Crippen molar-refractivity contribution in [2.24, 2.45) is 0 Å². The minimum atomic E-state index is 0.113. The predicted molar refractivity (Wildman–Crippen MR) is 74.7 cm³/mol. The normalized spacial score (nSPS) is 13.8. The molecule has 98 valence electrons. The van der Waals surface area contributed by atoms with Crippen LogP contribution < -0.4 is 16.0 Å². The van der Waals surface area contributed by atoms with E-state index in [0.717, 1.165) is 25.2 Å². The van der Waals surface area contributed by atoms with Crippen molar-refractivity contribution in [3.63, 3.8) is 0 Å². The zero-order valence-electron chi connectivity index (χ0n) is 11.1. The van der Waals surface area contributed by atoms with Crippen LogP contribution in [0.15, 0.2) is 18.2 Å². The van der Waals surface area contributed by atoms with Gasteiger partial charge in [0.2, 0.25) is 5.91 Å². The number of amides is 1. The first-order chi connectivity index (χ1) is 8.56. The third kappa shape index (κ3) is 2.94. The van der Waals surface area contributed by atoms with Crippen molar-refractivity contribution in [1.82, 2.24) is 5.32 Å². The number of nitrogens with one attached hydrogen (secondary N) is 1. The van der Waals surface area contributed by atoms with Crippen molar-refractivity contribution in [2.75, 3.05) is 23.7 Å². The molecule has 1 aromatic rings. The summed E-state index contributed by atoms with van der Waals surface area (Å²) in [5.74, 6) is 0.113. The van der Waals surface area contributed by atoms with E-state index in [1.165, 1.54) is 11.3 Å². The number of benzene rings is 1. The molecule has 0 unspecified atom stereocenters. The van der Waals surface area contributed by atoms with Gasteiger partial charge in [-0.2, -0.15) is 0 Å². The van der Waals surface area contributed by atoms with E-state index in [0.29, 0.717) is 6.42 Å². The number of anilines is 2. The number of rotatable bonds is 4. The summed E-state index contributed by atoms with van der Waals surface area (Å²) < 4.78 is 0. The van der Waals surface area contributed by atoms with E-state index in [-0.39, 0.29) is 11.9 Å². The van der Waals surface area contributed by atoms with Crippen LogP contribution in [0, 0.1) is 0 Å². The Morgan fingerprint density at radius 2 is 2.28 bits per heavy atom. The second kappa shape index (κ2) is 5.29. The van der Waals surface area contributed by atoms with E-state index in [1.807, 2.05) is 26.0 Å². The lowest BCUT2D eigenvalue weighted by atomic mass is 10.1. The standard InChI is InChI=1S/C14H21N3O/c1-10(2)16-14(18)6-8-17-7-5-11-3-4-12(15)9-13(11)17/h3-4,9-10H,5-8,15H2,1-2H3,(H,16,18). The Kier molecular flexibility index (Phi) is 3.75. The number of nitrogens with zero attached hydrogens (tertiary/aromatic N) is 1.